The van der Waals surface area contributed by atoms with E-state index in [0.717, 1.165) is 38.9 Å². The minimum Gasteiger partial charge on any atom is -0.353 e. The van der Waals surface area contributed by atoms with Crippen LogP contribution in [0.2, 0.25) is 0 Å². The van der Waals surface area contributed by atoms with Gasteiger partial charge in [-0.25, -0.2) is 0 Å². The first-order valence-corrected chi connectivity index (χ1v) is 8.73. The molecule has 0 aliphatic carbocycles. The monoisotopic (exact) mass is 284 g/mol. The molecule has 0 saturated carbocycles. The van der Waals surface area contributed by atoms with Crippen LogP contribution in [0.15, 0.2) is 12.2 Å². The van der Waals surface area contributed by atoms with E-state index in [1.807, 2.05) is 0 Å². The quantitative estimate of drug-likeness (QED) is 0.213. The molecule has 0 heterocycles. The lowest BCUT2D eigenvalue weighted by Crippen LogP contribution is -2.18. The van der Waals surface area contributed by atoms with Crippen molar-refractivity contribution >= 4 is 0 Å². The van der Waals surface area contributed by atoms with Gasteiger partial charge in [-0.15, -0.1) is 0 Å². The first kappa shape index (κ1) is 19.7. The number of rotatable bonds is 15. The summed E-state index contributed by atoms with van der Waals surface area (Å²) < 4.78 is 11.5. The number of hydrogen-bond acceptors (Lipinski definition) is 2. The summed E-state index contributed by atoms with van der Waals surface area (Å²) in [5.41, 5.74) is 0. The summed E-state index contributed by atoms with van der Waals surface area (Å²) in [6, 6.07) is 0. The molecule has 0 N–H and O–H groups in total. The standard InChI is InChI=1S/C18H36O2/c1-4-7-8-9-10-11-12-13-14-15-18(19-16-5-2)20-17-6-3/h7-8,18H,4-6,9-17H2,1-3H3/b8-7+. The molecule has 0 aromatic rings. The predicted molar refractivity (Wildman–Crippen MR) is 88.0 cm³/mol. The average molecular weight is 284 g/mol. The highest BCUT2D eigenvalue weighted by atomic mass is 16.7. The lowest BCUT2D eigenvalue weighted by atomic mass is 10.1. The normalized spacial score (nSPS) is 11.8. The van der Waals surface area contributed by atoms with Crippen molar-refractivity contribution < 1.29 is 9.47 Å². The highest BCUT2D eigenvalue weighted by Crippen LogP contribution is 2.12. The maximum atomic E-state index is 5.73. The van der Waals surface area contributed by atoms with Gasteiger partial charge in [0, 0.05) is 13.2 Å². The Morgan fingerprint density at radius 2 is 1.35 bits per heavy atom. The van der Waals surface area contributed by atoms with Crippen molar-refractivity contribution in [3.63, 3.8) is 0 Å². The van der Waals surface area contributed by atoms with E-state index in [-0.39, 0.29) is 6.29 Å². The van der Waals surface area contributed by atoms with Crippen LogP contribution in [-0.4, -0.2) is 19.5 Å². The fourth-order valence-corrected chi connectivity index (χ4v) is 2.10. The largest absolute Gasteiger partial charge is 0.353 e. The van der Waals surface area contributed by atoms with Gasteiger partial charge in [0.1, 0.15) is 0 Å². The molecule has 0 unspecified atom stereocenters. The van der Waals surface area contributed by atoms with Gasteiger partial charge in [0.25, 0.3) is 0 Å². The Morgan fingerprint density at radius 1 is 0.750 bits per heavy atom. The smallest absolute Gasteiger partial charge is 0.157 e. The molecular weight excluding hydrogens is 248 g/mol. The van der Waals surface area contributed by atoms with E-state index >= 15 is 0 Å². The van der Waals surface area contributed by atoms with Gasteiger partial charge in [0.15, 0.2) is 6.29 Å². The summed E-state index contributed by atoms with van der Waals surface area (Å²) in [6.07, 6.45) is 16.8. The SMILES string of the molecule is CC/C=C/CCCCCCCC(OCCC)OCCC. The summed E-state index contributed by atoms with van der Waals surface area (Å²) in [6.45, 7) is 8.11. The zero-order valence-electron chi connectivity index (χ0n) is 14.0. The Bertz CT molecular complexity index is 194. The fraction of sp³-hybridized carbons (Fsp3) is 0.889. The molecular formula is C18H36O2. The molecule has 0 fully saturated rings. The van der Waals surface area contributed by atoms with E-state index in [4.69, 9.17) is 9.47 Å². The van der Waals surface area contributed by atoms with Gasteiger partial charge >= 0.3 is 0 Å². The van der Waals surface area contributed by atoms with Crippen molar-refractivity contribution in [2.45, 2.75) is 91.3 Å². The molecule has 0 aromatic heterocycles. The van der Waals surface area contributed by atoms with E-state index in [1.165, 1.54) is 38.5 Å². The van der Waals surface area contributed by atoms with E-state index in [9.17, 15) is 0 Å². The second kappa shape index (κ2) is 16.7. The molecule has 0 aliphatic rings. The molecule has 0 spiro atoms. The van der Waals surface area contributed by atoms with E-state index in [1.54, 1.807) is 0 Å². The van der Waals surface area contributed by atoms with E-state index in [0.29, 0.717) is 0 Å². The molecule has 20 heavy (non-hydrogen) atoms. The van der Waals surface area contributed by atoms with Gasteiger partial charge in [-0.3, -0.25) is 0 Å². The van der Waals surface area contributed by atoms with Gasteiger partial charge in [-0.1, -0.05) is 52.2 Å². The Kier molecular flexibility index (Phi) is 16.4. The molecule has 120 valence electrons. The summed E-state index contributed by atoms with van der Waals surface area (Å²) in [5, 5.41) is 0. The van der Waals surface area contributed by atoms with Crippen LogP contribution in [0.3, 0.4) is 0 Å². The lowest BCUT2D eigenvalue weighted by Gasteiger charge is -2.18. The van der Waals surface area contributed by atoms with Crippen molar-refractivity contribution in [1.82, 2.24) is 0 Å². The van der Waals surface area contributed by atoms with Gasteiger partial charge < -0.3 is 9.47 Å². The number of hydrogen-bond donors (Lipinski definition) is 0. The van der Waals surface area contributed by atoms with Crippen molar-refractivity contribution in [3.05, 3.63) is 12.2 Å². The lowest BCUT2D eigenvalue weighted by molar-refractivity contribution is -0.146. The van der Waals surface area contributed by atoms with Gasteiger partial charge in [-0.2, -0.15) is 0 Å². The summed E-state index contributed by atoms with van der Waals surface area (Å²) >= 11 is 0. The van der Waals surface area contributed by atoms with Crippen molar-refractivity contribution in [3.8, 4) is 0 Å². The topological polar surface area (TPSA) is 18.5 Å². The Balaban J connectivity index is 3.44. The Labute approximate surface area is 126 Å². The van der Waals surface area contributed by atoms with E-state index < -0.39 is 0 Å². The number of allylic oxidation sites excluding steroid dienone is 2. The summed E-state index contributed by atoms with van der Waals surface area (Å²) in [5.74, 6) is 0. The molecule has 2 nitrogen and oxygen atoms in total. The molecule has 0 bridgehead atoms. The first-order chi connectivity index (χ1) is 9.85. The molecule has 0 amide bonds. The Hall–Kier alpha value is -0.340. The van der Waals surface area contributed by atoms with Crippen LogP contribution < -0.4 is 0 Å². The maximum absolute atomic E-state index is 5.73. The second-order valence-corrected chi connectivity index (χ2v) is 5.40. The second-order valence-electron chi connectivity index (χ2n) is 5.40. The molecule has 0 atom stereocenters. The minimum absolute atomic E-state index is 0.0300. The van der Waals surface area contributed by atoms with Crippen LogP contribution in [0.5, 0.6) is 0 Å². The maximum Gasteiger partial charge on any atom is 0.157 e. The summed E-state index contributed by atoms with van der Waals surface area (Å²) in [4.78, 5) is 0. The highest BCUT2D eigenvalue weighted by Gasteiger charge is 2.07. The van der Waals surface area contributed by atoms with Gasteiger partial charge in [-0.05, 0) is 44.9 Å². The van der Waals surface area contributed by atoms with Gasteiger partial charge in [0.05, 0.1) is 0 Å². The molecule has 0 radical (unpaired) electrons. The van der Waals surface area contributed by atoms with Crippen LogP contribution in [0.25, 0.3) is 0 Å². The average Bonchev–Trinajstić information content (AvgIpc) is 2.47. The molecule has 0 saturated heterocycles. The minimum atomic E-state index is 0.0300. The molecule has 0 aromatic carbocycles. The van der Waals surface area contributed by atoms with Gasteiger partial charge in [0.2, 0.25) is 0 Å². The zero-order valence-corrected chi connectivity index (χ0v) is 14.0. The molecule has 0 rings (SSSR count). The third-order valence-electron chi connectivity index (χ3n) is 3.23. The van der Waals surface area contributed by atoms with Crippen molar-refractivity contribution in [2.24, 2.45) is 0 Å². The van der Waals surface area contributed by atoms with Crippen LogP contribution in [0, 0.1) is 0 Å². The molecule has 0 aliphatic heterocycles. The first-order valence-electron chi connectivity index (χ1n) is 8.73. The van der Waals surface area contributed by atoms with Crippen LogP contribution in [0.4, 0.5) is 0 Å². The molecule has 2 heteroatoms. The van der Waals surface area contributed by atoms with Crippen LogP contribution in [-0.2, 0) is 9.47 Å². The third-order valence-corrected chi connectivity index (χ3v) is 3.23. The van der Waals surface area contributed by atoms with Crippen LogP contribution in [0.1, 0.15) is 85.0 Å². The van der Waals surface area contributed by atoms with Crippen molar-refractivity contribution in [1.29, 1.82) is 0 Å². The third kappa shape index (κ3) is 14.1. The zero-order chi connectivity index (χ0) is 14.9. The summed E-state index contributed by atoms with van der Waals surface area (Å²) in [7, 11) is 0. The van der Waals surface area contributed by atoms with E-state index in [2.05, 4.69) is 32.9 Å². The van der Waals surface area contributed by atoms with Crippen LogP contribution >= 0.6 is 0 Å². The number of unbranched alkanes of at least 4 members (excludes halogenated alkanes) is 5. The fourth-order valence-electron chi connectivity index (χ4n) is 2.10. The predicted octanol–water partition coefficient (Wildman–Crippen LogP) is 5.86. The Morgan fingerprint density at radius 3 is 1.95 bits per heavy atom. The number of ether oxygens (including phenoxy) is 2. The highest BCUT2D eigenvalue weighted by molar-refractivity contribution is 4.79. The van der Waals surface area contributed by atoms with Crippen molar-refractivity contribution in [2.75, 3.05) is 13.2 Å².